The number of nitrogens with one attached hydrogen (secondary N) is 2. The maximum Gasteiger partial charge on any atom is 0.416 e. The second-order valence-electron chi connectivity index (χ2n) is 3.93. The monoisotopic (exact) mass is 324 g/mol. The van der Waals surface area contributed by atoms with Gasteiger partial charge in [0.2, 0.25) is 0 Å². The minimum atomic E-state index is -4.31. The van der Waals surface area contributed by atoms with Gasteiger partial charge >= 0.3 is 6.18 Å². The van der Waals surface area contributed by atoms with Crippen molar-refractivity contribution in [1.82, 2.24) is 10.6 Å². The highest BCUT2D eigenvalue weighted by molar-refractivity contribution is 9.10. The summed E-state index contributed by atoms with van der Waals surface area (Å²) >= 11 is 3.06. The highest BCUT2D eigenvalue weighted by atomic mass is 79.9. The molecule has 1 aromatic rings. The zero-order valence-corrected chi connectivity index (χ0v) is 11.7. The lowest BCUT2D eigenvalue weighted by atomic mass is 10.1. The largest absolute Gasteiger partial charge is 0.416 e. The summed E-state index contributed by atoms with van der Waals surface area (Å²) in [5, 5.41) is 6.00. The minimum absolute atomic E-state index is 0.228. The smallest absolute Gasteiger partial charge is 0.320 e. The fraction of sp³-hybridized carbons (Fsp3) is 0.500. The molecule has 0 aliphatic heterocycles. The molecule has 1 rings (SSSR count). The molecule has 0 bridgehead atoms. The van der Waals surface area contributed by atoms with Crippen molar-refractivity contribution < 1.29 is 13.2 Å². The lowest BCUT2D eigenvalue weighted by molar-refractivity contribution is -0.138. The minimum Gasteiger partial charge on any atom is -0.320 e. The van der Waals surface area contributed by atoms with Crippen LogP contribution in [-0.2, 0) is 12.7 Å². The van der Waals surface area contributed by atoms with Crippen LogP contribution < -0.4 is 10.6 Å². The van der Waals surface area contributed by atoms with Crippen LogP contribution in [0.1, 0.15) is 17.5 Å². The zero-order valence-electron chi connectivity index (χ0n) is 10.1. The van der Waals surface area contributed by atoms with Gasteiger partial charge in [-0.25, -0.2) is 0 Å². The highest BCUT2D eigenvalue weighted by Gasteiger charge is 2.33. The van der Waals surface area contributed by atoms with E-state index in [4.69, 9.17) is 0 Å². The summed E-state index contributed by atoms with van der Waals surface area (Å²) in [7, 11) is 1.84. The standard InChI is InChI=1S/C12H16BrF3N2/c1-17-5-2-6-18-8-9-3-4-10(13)7-11(9)12(14,15)16/h3-4,7,17-18H,2,5-6,8H2,1H3. The molecule has 0 aromatic heterocycles. The molecule has 0 aliphatic carbocycles. The van der Waals surface area contributed by atoms with Gasteiger partial charge in [0.15, 0.2) is 0 Å². The van der Waals surface area contributed by atoms with Gasteiger partial charge in [-0.15, -0.1) is 0 Å². The number of rotatable bonds is 6. The molecule has 0 heterocycles. The first-order valence-electron chi connectivity index (χ1n) is 5.66. The van der Waals surface area contributed by atoms with Crippen molar-refractivity contribution in [3.63, 3.8) is 0 Å². The van der Waals surface area contributed by atoms with E-state index >= 15 is 0 Å². The first-order valence-corrected chi connectivity index (χ1v) is 6.45. The second kappa shape index (κ2) is 7.11. The van der Waals surface area contributed by atoms with Crippen LogP contribution in [0.25, 0.3) is 0 Å². The first kappa shape index (κ1) is 15.5. The molecule has 0 aliphatic rings. The summed E-state index contributed by atoms with van der Waals surface area (Å²) in [5.74, 6) is 0. The van der Waals surface area contributed by atoms with Crippen molar-refractivity contribution in [2.75, 3.05) is 20.1 Å². The normalized spacial score (nSPS) is 11.8. The molecule has 0 saturated heterocycles. The zero-order chi connectivity index (χ0) is 13.6. The molecule has 0 amide bonds. The summed E-state index contributed by atoms with van der Waals surface area (Å²) in [4.78, 5) is 0. The molecule has 0 atom stereocenters. The Bertz CT molecular complexity index is 380. The van der Waals surface area contributed by atoms with Crippen molar-refractivity contribution in [1.29, 1.82) is 0 Å². The fourth-order valence-electron chi connectivity index (χ4n) is 1.58. The SMILES string of the molecule is CNCCCNCc1ccc(Br)cc1C(F)(F)F. The van der Waals surface area contributed by atoms with Crippen LogP contribution in [0, 0.1) is 0 Å². The van der Waals surface area contributed by atoms with Gasteiger partial charge in [-0.05, 0) is 44.3 Å². The average molecular weight is 325 g/mol. The number of hydrogen-bond acceptors (Lipinski definition) is 2. The third kappa shape index (κ3) is 4.96. The maximum absolute atomic E-state index is 12.8. The lowest BCUT2D eigenvalue weighted by Gasteiger charge is -2.14. The molecule has 2 nitrogen and oxygen atoms in total. The topological polar surface area (TPSA) is 24.1 Å². The number of halogens is 4. The van der Waals surface area contributed by atoms with Gasteiger partial charge in [-0.2, -0.15) is 13.2 Å². The van der Waals surface area contributed by atoms with Gasteiger partial charge in [0.05, 0.1) is 5.56 Å². The van der Waals surface area contributed by atoms with Crippen molar-refractivity contribution in [3.8, 4) is 0 Å². The molecule has 2 N–H and O–H groups in total. The van der Waals surface area contributed by atoms with E-state index in [0.717, 1.165) is 19.0 Å². The Labute approximate surface area is 113 Å². The Balaban J connectivity index is 2.65. The second-order valence-corrected chi connectivity index (χ2v) is 4.85. The van der Waals surface area contributed by atoms with Crippen LogP contribution in [0.4, 0.5) is 13.2 Å². The van der Waals surface area contributed by atoms with Gasteiger partial charge < -0.3 is 10.6 Å². The lowest BCUT2D eigenvalue weighted by Crippen LogP contribution is -2.21. The van der Waals surface area contributed by atoms with Gasteiger partial charge in [-0.1, -0.05) is 22.0 Å². The van der Waals surface area contributed by atoms with E-state index in [1.807, 2.05) is 7.05 Å². The average Bonchev–Trinajstić information content (AvgIpc) is 2.29. The van der Waals surface area contributed by atoms with E-state index in [-0.39, 0.29) is 12.1 Å². The van der Waals surface area contributed by atoms with Crippen LogP contribution in [-0.4, -0.2) is 20.1 Å². The van der Waals surface area contributed by atoms with Crippen molar-refractivity contribution in [3.05, 3.63) is 33.8 Å². The highest BCUT2D eigenvalue weighted by Crippen LogP contribution is 2.33. The van der Waals surface area contributed by atoms with Gasteiger partial charge in [-0.3, -0.25) is 0 Å². The predicted molar refractivity (Wildman–Crippen MR) is 69.4 cm³/mol. The molecule has 0 fully saturated rings. The third-order valence-corrected chi connectivity index (χ3v) is 2.97. The van der Waals surface area contributed by atoms with E-state index in [9.17, 15) is 13.2 Å². The molecule has 6 heteroatoms. The summed E-state index contributed by atoms with van der Waals surface area (Å²) in [5.41, 5.74) is -0.312. The maximum atomic E-state index is 12.8. The van der Waals surface area contributed by atoms with Crippen LogP contribution >= 0.6 is 15.9 Å². The number of hydrogen-bond donors (Lipinski definition) is 2. The van der Waals surface area contributed by atoms with Gasteiger partial charge in [0, 0.05) is 11.0 Å². The van der Waals surface area contributed by atoms with E-state index in [1.54, 1.807) is 6.07 Å². The molecule has 0 saturated carbocycles. The Morgan fingerprint density at radius 3 is 2.56 bits per heavy atom. The quantitative estimate of drug-likeness (QED) is 0.785. The third-order valence-electron chi connectivity index (χ3n) is 2.47. The molecular formula is C12H16BrF3N2. The van der Waals surface area contributed by atoms with E-state index in [2.05, 4.69) is 26.6 Å². The first-order chi connectivity index (χ1) is 8.45. The Kier molecular flexibility index (Phi) is 6.11. The molecule has 18 heavy (non-hydrogen) atoms. The Morgan fingerprint density at radius 2 is 1.94 bits per heavy atom. The van der Waals surface area contributed by atoms with Crippen LogP contribution in [0.3, 0.4) is 0 Å². The van der Waals surface area contributed by atoms with Crippen molar-refractivity contribution >= 4 is 15.9 Å². The Morgan fingerprint density at radius 1 is 1.22 bits per heavy atom. The summed E-state index contributed by atoms with van der Waals surface area (Å²) in [6, 6.07) is 4.24. The molecular weight excluding hydrogens is 309 g/mol. The molecule has 0 spiro atoms. The molecule has 0 radical (unpaired) electrons. The van der Waals surface area contributed by atoms with Crippen molar-refractivity contribution in [2.45, 2.75) is 19.1 Å². The van der Waals surface area contributed by atoms with Gasteiger partial charge in [0.25, 0.3) is 0 Å². The van der Waals surface area contributed by atoms with Crippen LogP contribution in [0.5, 0.6) is 0 Å². The number of benzene rings is 1. The van der Waals surface area contributed by atoms with Gasteiger partial charge in [0.1, 0.15) is 0 Å². The van der Waals surface area contributed by atoms with E-state index in [0.29, 0.717) is 11.0 Å². The molecule has 102 valence electrons. The Hall–Kier alpha value is -0.590. The van der Waals surface area contributed by atoms with Crippen LogP contribution in [0.15, 0.2) is 22.7 Å². The fourth-order valence-corrected chi connectivity index (χ4v) is 1.94. The molecule has 0 unspecified atom stereocenters. The van der Waals surface area contributed by atoms with E-state index < -0.39 is 11.7 Å². The summed E-state index contributed by atoms with van der Waals surface area (Å²) < 4.78 is 38.8. The predicted octanol–water partition coefficient (Wildman–Crippen LogP) is 3.17. The van der Waals surface area contributed by atoms with E-state index in [1.165, 1.54) is 6.07 Å². The van der Waals surface area contributed by atoms with Crippen molar-refractivity contribution in [2.24, 2.45) is 0 Å². The van der Waals surface area contributed by atoms with Crippen LogP contribution in [0.2, 0.25) is 0 Å². The molecule has 1 aromatic carbocycles. The summed E-state index contributed by atoms with van der Waals surface area (Å²) in [6.07, 6.45) is -3.43. The number of alkyl halides is 3. The summed E-state index contributed by atoms with van der Waals surface area (Å²) in [6.45, 7) is 1.76.